The van der Waals surface area contributed by atoms with E-state index in [2.05, 4.69) is 4.18 Å². The molecule has 0 aliphatic carbocycles. The van der Waals surface area contributed by atoms with Crippen molar-refractivity contribution in [2.45, 2.75) is 55.8 Å². The second-order valence-electron chi connectivity index (χ2n) is 7.89. The third kappa shape index (κ3) is 6.33. The Hall–Kier alpha value is -2.06. The molecule has 12 heteroatoms. The summed E-state index contributed by atoms with van der Waals surface area (Å²) in [6, 6.07) is 17.6. The maximum Gasteiger partial charge on any atom is 0.523 e. The van der Waals surface area contributed by atoms with E-state index in [-0.39, 0.29) is 19.8 Å². The van der Waals surface area contributed by atoms with Gasteiger partial charge in [-0.15, -0.1) is 0 Å². The Morgan fingerprint density at radius 1 is 1.06 bits per heavy atom. The third-order valence-corrected chi connectivity index (χ3v) is 6.26. The fourth-order valence-electron chi connectivity index (χ4n) is 3.53. The number of benzene rings is 2. The minimum atomic E-state index is -6.07. The standard InChI is InChI=1S/C22H26F3NO7S/c1-21(27)20(33-34(28,29)22(23,24)25)19(31-14-16-10-6-3-7-11-16)18(32-21)17(12-26)30-13-15-8-4-2-5-9-15/h2-11,17-20,27H,12-14,26H2,1H3/t17-,18+,19-,20+,21?/m0/s1. The van der Waals surface area contributed by atoms with Crippen molar-refractivity contribution < 1.29 is 45.1 Å². The first kappa shape index (κ1) is 26.5. The number of nitrogens with two attached hydrogens (primary N) is 1. The van der Waals surface area contributed by atoms with E-state index in [4.69, 9.17) is 19.9 Å². The van der Waals surface area contributed by atoms with Gasteiger partial charge in [-0.25, -0.2) is 0 Å². The summed E-state index contributed by atoms with van der Waals surface area (Å²) in [6.45, 7) is 0.802. The van der Waals surface area contributed by atoms with E-state index in [1.807, 2.05) is 6.07 Å². The Bertz CT molecular complexity index is 1020. The molecule has 1 unspecified atom stereocenters. The number of halogens is 3. The Balaban J connectivity index is 1.87. The molecular formula is C22H26F3NO7S. The lowest BCUT2D eigenvalue weighted by Gasteiger charge is -2.28. The van der Waals surface area contributed by atoms with Crippen molar-refractivity contribution in [2.75, 3.05) is 6.54 Å². The molecule has 1 fully saturated rings. The zero-order chi connectivity index (χ0) is 25.0. The van der Waals surface area contributed by atoms with Crippen LogP contribution in [0.5, 0.6) is 0 Å². The Kier molecular flexibility index (Phi) is 8.34. The molecule has 2 aromatic carbocycles. The van der Waals surface area contributed by atoms with Gasteiger partial charge < -0.3 is 25.1 Å². The quantitative estimate of drug-likeness (QED) is 0.374. The molecule has 3 rings (SSSR count). The van der Waals surface area contributed by atoms with Crippen LogP contribution in [0.3, 0.4) is 0 Å². The lowest BCUT2D eigenvalue weighted by atomic mass is 10.0. The zero-order valence-electron chi connectivity index (χ0n) is 18.2. The fourth-order valence-corrected chi connectivity index (χ4v) is 4.20. The number of aliphatic hydroxyl groups is 1. The van der Waals surface area contributed by atoms with Crippen LogP contribution in [0.25, 0.3) is 0 Å². The molecular weight excluding hydrogens is 479 g/mol. The van der Waals surface area contributed by atoms with Gasteiger partial charge in [-0.3, -0.25) is 4.18 Å². The van der Waals surface area contributed by atoms with E-state index in [1.54, 1.807) is 54.6 Å². The Morgan fingerprint density at radius 2 is 1.59 bits per heavy atom. The average molecular weight is 506 g/mol. The normalized spacial score (nSPS) is 26.5. The van der Waals surface area contributed by atoms with Gasteiger partial charge in [0.05, 0.1) is 19.3 Å². The summed E-state index contributed by atoms with van der Waals surface area (Å²) in [5.74, 6) is -2.45. The summed E-state index contributed by atoms with van der Waals surface area (Å²) in [5, 5.41) is 10.7. The molecule has 5 atom stereocenters. The maximum atomic E-state index is 13.0. The van der Waals surface area contributed by atoms with Gasteiger partial charge in [0.1, 0.15) is 12.2 Å². The lowest BCUT2D eigenvalue weighted by molar-refractivity contribution is -0.224. The summed E-state index contributed by atoms with van der Waals surface area (Å²) in [5.41, 5.74) is 1.57. The smallest absolute Gasteiger partial charge is 0.369 e. The summed E-state index contributed by atoms with van der Waals surface area (Å²) >= 11 is 0. The minimum Gasteiger partial charge on any atom is -0.369 e. The van der Waals surface area contributed by atoms with Crippen molar-refractivity contribution in [3.63, 3.8) is 0 Å². The van der Waals surface area contributed by atoms with Crippen LogP contribution in [-0.2, 0) is 41.7 Å². The number of ether oxygens (including phenoxy) is 3. The van der Waals surface area contributed by atoms with E-state index >= 15 is 0 Å². The van der Waals surface area contributed by atoms with Gasteiger partial charge in [-0.05, 0) is 18.1 Å². The van der Waals surface area contributed by atoms with Crippen LogP contribution in [0.1, 0.15) is 18.1 Å². The van der Waals surface area contributed by atoms with Crippen LogP contribution in [0.4, 0.5) is 13.2 Å². The predicted molar refractivity (Wildman–Crippen MR) is 114 cm³/mol. The highest BCUT2D eigenvalue weighted by atomic mass is 32.2. The number of alkyl halides is 3. The summed E-state index contributed by atoms with van der Waals surface area (Å²) in [4.78, 5) is 0. The highest BCUT2D eigenvalue weighted by Gasteiger charge is 2.60. The largest absolute Gasteiger partial charge is 0.523 e. The maximum absolute atomic E-state index is 13.0. The van der Waals surface area contributed by atoms with E-state index in [0.29, 0.717) is 5.56 Å². The second kappa shape index (κ2) is 10.7. The first-order valence-corrected chi connectivity index (χ1v) is 11.8. The summed E-state index contributed by atoms with van der Waals surface area (Å²) in [7, 11) is -6.07. The molecule has 0 radical (unpaired) electrons. The van der Waals surface area contributed by atoms with E-state index in [9.17, 15) is 26.7 Å². The van der Waals surface area contributed by atoms with E-state index in [0.717, 1.165) is 12.5 Å². The Morgan fingerprint density at radius 3 is 2.09 bits per heavy atom. The van der Waals surface area contributed by atoms with Gasteiger partial charge in [-0.1, -0.05) is 60.7 Å². The van der Waals surface area contributed by atoms with Gasteiger partial charge in [0.25, 0.3) is 0 Å². The van der Waals surface area contributed by atoms with Crippen LogP contribution < -0.4 is 5.73 Å². The minimum absolute atomic E-state index is 0.0858. The molecule has 0 amide bonds. The van der Waals surface area contributed by atoms with E-state index < -0.39 is 45.8 Å². The van der Waals surface area contributed by atoms with Crippen molar-refractivity contribution in [3.05, 3.63) is 71.8 Å². The highest BCUT2D eigenvalue weighted by molar-refractivity contribution is 7.87. The number of hydrogen-bond acceptors (Lipinski definition) is 8. The first-order valence-electron chi connectivity index (χ1n) is 10.4. The molecule has 8 nitrogen and oxygen atoms in total. The monoisotopic (exact) mass is 505 g/mol. The molecule has 2 aromatic rings. The molecule has 1 aliphatic heterocycles. The van der Waals surface area contributed by atoms with Crippen molar-refractivity contribution in [1.82, 2.24) is 0 Å². The Labute approximate surface area is 195 Å². The number of rotatable bonds is 10. The van der Waals surface area contributed by atoms with Gasteiger partial charge in [0, 0.05) is 6.54 Å². The van der Waals surface area contributed by atoms with Crippen LogP contribution in [0, 0.1) is 0 Å². The van der Waals surface area contributed by atoms with Crippen LogP contribution in [0.15, 0.2) is 60.7 Å². The van der Waals surface area contributed by atoms with Crippen LogP contribution in [0.2, 0.25) is 0 Å². The number of hydrogen-bond donors (Lipinski definition) is 2. The predicted octanol–water partition coefficient (Wildman–Crippen LogP) is 2.46. The first-order chi connectivity index (χ1) is 15.9. The van der Waals surface area contributed by atoms with Gasteiger partial charge in [0.15, 0.2) is 11.9 Å². The molecule has 1 heterocycles. The molecule has 0 spiro atoms. The fraction of sp³-hybridized carbons (Fsp3) is 0.455. The molecule has 188 valence electrons. The molecule has 1 aliphatic rings. The van der Waals surface area contributed by atoms with Gasteiger partial charge >= 0.3 is 15.6 Å². The topological polar surface area (TPSA) is 117 Å². The summed E-state index contributed by atoms with van der Waals surface area (Å²) in [6.07, 6.45) is -5.70. The average Bonchev–Trinajstić information content (AvgIpc) is 3.02. The van der Waals surface area contributed by atoms with Crippen molar-refractivity contribution in [3.8, 4) is 0 Å². The van der Waals surface area contributed by atoms with Gasteiger partial charge in [-0.2, -0.15) is 21.6 Å². The summed E-state index contributed by atoms with van der Waals surface area (Å²) < 4.78 is 84.1. The third-order valence-electron chi connectivity index (χ3n) is 5.23. The second-order valence-corrected chi connectivity index (χ2v) is 9.45. The molecule has 3 N–H and O–H groups in total. The van der Waals surface area contributed by atoms with Gasteiger partial charge in [0.2, 0.25) is 0 Å². The molecule has 0 bridgehead atoms. The SMILES string of the molecule is CC1(O)O[C@H]([C@H](CN)OCc2ccccc2)[C@H](OCc2ccccc2)[C@H]1OS(=O)(=O)C(F)(F)F. The van der Waals surface area contributed by atoms with Crippen molar-refractivity contribution >= 4 is 10.1 Å². The molecule has 34 heavy (non-hydrogen) atoms. The highest BCUT2D eigenvalue weighted by Crippen LogP contribution is 2.39. The van der Waals surface area contributed by atoms with Crippen molar-refractivity contribution in [1.29, 1.82) is 0 Å². The molecule has 0 aromatic heterocycles. The molecule has 0 saturated carbocycles. The van der Waals surface area contributed by atoms with Crippen LogP contribution in [-0.4, -0.2) is 55.8 Å². The van der Waals surface area contributed by atoms with E-state index in [1.165, 1.54) is 0 Å². The van der Waals surface area contributed by atoms with Crippen molar-refractivity contribution in [2.24, 2.45) is 5.73 Å². The van der Waals surface area contributed by atoms with Crippen LogP contribution >= 0.6 is 0 Å². The molecule has 1 saturated heterocycles. The lowest BCUT2D eigenvalue weighted by Crippen LogP contribution is -2.48. The zero-order valence-corrected chi connectivity index (χ0v) is 19.0.